The summed E-state index contributed by atoms with van der Waals surface area (Å²) >= 11 is 0. The Kier molecular flexibility index (Phi) is 6.82. The van der Waals surface area contributed by atoms with Gasteiger partial charge in [0.15, 0.2) is 23.3 Å². The van der Waals surface area contributed by atoms with Crippen LogP contribution in [0.25, 0.3) is 0 Å². The topological polar surface area (TPSA) is 52.6 Å². The maximum absolute atomic E-state index is 13.6. The summed E-state index contributed by atoms with van der Waals surface area (Å²) in [4.78, 5) is 24.1. The number of ether oxygens (including phenoxy) is 2. The monoisotopic (exact) mass is 454 g/mol. The zero-order valence-corrected chi connectivity index (χ0v) is 15.9. The number of carbonyl (C=O) groups is 2. The maximum atomic E-state index is 13.6. The highest BCUT2D eigenvalue weighted by molar-refractivity contribution is 5.93. The first-order valence-electron chi connectivity index (χ1n) is 8.87. The second-order valence-corrected chi connectivity index (χ2v) is 6.45. The Morgan fingerprint density at radius 3 is 1.28 bits per heavy atom. The van der Waals surface area contributed by atoms with E-state index in [-0.39, 0.29) is 11.1 Å². The van der Waals surface area contributed by atoms with Gasteiger partial charge in [0.05, 0.1) is 11.1 Å². The highest BCUT2D eigenvalue weighted by Crippen LogP contribution is 2.18. The molecule has 3 aromatic carbocycles. The van der Waals surface area contributed by atoms with Crippen LogP contribution in [-0.4, -0.2) is 11.9 Å². The Morgan fingerprint density at radius 2 is 0.938 bits per heavy atom. The molecule has 166 valence electrons. The largest absolute Gasteiger partial charge is 0.457 e. The minimum Gasteiger partial charge on any atom is -0.457 e. The van der Waals surface area contributed by atoms with Crippen LogP contribution in [0.2, 0.25) is 0 Å². The van der Waals surface area contributed by atoms with Crippen molar-refractivity contribution in [1.82, 2.24) is 0 Å². The predicted octanol–water partition coefficient (Wildman–Crippen LogP) is 5.24. The summed E-state index contributed by atoms with van der Waals surface area (Å²) in [6.45, 7) is -1.47. The number of carbonyl (C=O) groups excluding carboxylic acids is 2. The van der Waals surface area contributed by atoms with Crippen molar-refractivity contribution in [3.63, 3.8) is 0 Å². The first kappa shape index (κ1) is 22.9. The third kappa shape index (κ3) is 5.26. The summed E-state index contributed by atoms with van der Waals surface area (Å²) < 4.78 is 89.5. The van der Waals surface area contributed by atoms with Gasteiger partial charge in [0.2, 0.25) is 0 Å². The Labute approximate surface area is 177 Å². The van der Waals surface area contributed by atoms with Gasteiger partial charge in [-0.1, -0.05) is 0 Å². The molecule has 0 unspecified atom stereocenters. The van der Waals surface area contributed by atoms with Crippen molar-refractivity contribution in [3.05, 3.63) is 106 Å². The molecule has 32 heavy (non-hydrogen) atoms. The zero-order chi connectivity index (χ0) is 23.4. The lowest BCUT2D eigenvalue weighted by Crippen LogP contribution is -2.09. The molecule has 0 aliphatic heterocycles. The Bertz CT molecular complexity index is 1090. The molecule has 0 radical (unpaired) electrons. The van der Waals surface area contributed by atoms with Crippen molar-refractivity contribution >= 4 is 11.9 Å². The van der Waals surface area contributed by atoms with Gasteiger partial charge >= 0.3 is 11.9 Å². The van der Waals surface area contributed by atoms with Crippen LogP contribution in [0.1, 0.15) is 31.8 Å². The fourth-order valence-electron chi connectivity index (χ4n) is 2.62. The lowest BCUT2D eigenvalue weighted by molar-refractivity contribution is 0.0453. The summed E-state index contributed by atoms with van der Waals surface area (Å²) in [5.41, 5.74) is -1.15. The molecule has 4 nitrogen and oxygen atoms in total. The summed E-state index contributed by atoms with van der Waals surface area (Å²) in [5, 5.41) is 0. The Balaban J connectivity index is 1.61. The smallest absolute Gasteiger partial charge is 0.338 e. The minimum absolute atomic E-state index is 0.0721. The van der Waals surface area contributed by atoms with Crippen LogP contribution in [0.5, 0.6) is 0 Å². The molecule has 0 bridgehead atoms. The molecule has 0 N–H and O–H groups in total. The molecule has 0 aliphatic carbocycles. The molecule has 0 saturated heterocycles. The van der Waals surface area contributed by atoms with Crippen LogP contribution >= 0.6 is 0 Å². The highest BCUT2D eigenvalue weighted by atomic mass is 19.2. The van der Waals surface area contributed by atoms with Gasteiger partial charge in [-0.05, 0) is 36.4 Å². The number of esters is 2. The molecule has 10 heteroatoms. The molecule has 0 saturated carbocycles. The lowest BCUT2D eigenvalue weighted by atomic mass is 10.1. The molecule has 3 rings (SSSR count). The summed E-state index contributed by atoms with van der Waals surface area (Å²) in [5.74, 6) is -9.59. The number of rotatable bonds is 6. The van der Waals surface area contributed by atoms with Crippen LogP contribution < -0.4 is 0 Å². The normalized spacial score (nSPS) is 10.7. The van der Waals surface area contributed by atoms with Crippen molar-refractivity contribution in [3.8, 4) is 0 Å². The fourth-order valence-corrected chi connectivity index (χ4v) is 2.62. The van der Waals surface area contributed by atoms with Crippen molar-refractivity contribution < 1.29 is 45.4 Å². The van der Waals surface area contributed by atoms with Crippen molar-refractivity contribution in [2.75, 3.05) is 0 Å². The van der Waals surface area contributed by atoms with Crippen LogP contribution in [-0.2, 0) is 22.7 Å². The average Bonchev–Trinajstić information content (AvgIpc) is 2.76. The number of halogens is 6. The van der Waals surface area contributed by atoms with Gasteiger partial charge in [-0.3, -0.25) is 0 Å². The van der Waals surface area contributed by atoms with E-state index in [0.29, 0.717) is 24.3 Å². The first-order valence-corrected chi connectivity index (χ1v) is 8.87. The van der Waals surface area contributed by atoms with E-state index in [4.69, 9.17) is 9.47 Å². The Morgan fingerprint density at radius 1 is 0.594 bits per heavy atom. The van der Waals surface area contributed by atoms with Gasteiger partial charge in [-0.15, -0.1) is 0 Å². The van der Waals surface area contributed by atoms with Gasteiger partial charge in [0.25, 0.3) is 0 Å². The van der Waals surface area contributed by atoms with E-state index in [2.05, 4.69) is 0 Å². The molecular formula is C22H12F6O4. The number of hydrogen-bond donors (Lipinski definition) is 0. The lowest BCUT2D eigenvalue weighted by Gasteiger charge is -2.08. The van der Waals surface area contributed by atoms with Gasteiger partial charge in [0.1, 0.15) is 24.8 Å². The molecule has 0 aromatic heterocycles. The van der Waals surface area contributed by atoms with Crippen LogP contribution in [0.4, 0.5) is 26.3 Å². The standard InChI is InChI=1S/C22H12F6O4/c23-15-5-13(19(27)17(25)7-15)9-31-21(29)11-1-2-12(4-3-11)22(30)32-10-14-6-16(24)8-18(26)20(14)28/h1-8H,9-10H2. The summed E-state index contributed by atoms with van der Waals surface area (Å²) in [6.07, 6.45) is 0. The molecule has 0 amide bonds. The van der Waals surface area contributed by atoms with Gasteiger partial charge in [-0.2, -0.15) is 0 Å². The number of benzene rings is 3. The van der Waals surface area contributed by atoms with E-state index < -0.39 is 71.2 Å². The SMILES string of the molecule is O=C(OCc1cc(F)cc(F)c1F)c1ccc(C(=O)OCc2cc(F)cc(F)c2F)cc1. The molecule has 0 heterocycles. The quantitative estimate of drug-likeness (QED) is 0.291. The van der Waals surface area contributed by atoms with E-state index in [1.807, 2.05) is 0 Å². The summed E-state index contributed by atoms with van der Waals surface area (Å²) in [6, 6.07) is 6.67. The van der Waals surface area contributed by atoms with Crippen molar-refractivity contribution in [2.45, 2.75) is 13.2 Å². The third-order valence-corrected chi connectivity index (χ3v) is 4.21. The van der Waals surface area contributed by atoms with Crippen LogP contribution in [0.3, 0.4) is 0 Å². The van der Waals surface area contributed by atoms with Crippen LogP contribution in [0.15, 0.2) is 48.5 Å². The van der Waals surface area contributed by atoms with E-state index in [1.54, 1.807) is 0 Å². The second-order valence-electron chi connectivity index (χ2n) is 6.45. The molecular weight excluding hydrogens is 442 g/mol. The Hall–Kier alpha value is -3.82. The molecule has 0 atom stereocenters. The van der Waals surface area contributed by atoms with Crippen molar-refractivity contribution in [2.24, 2.45) is 0 Å². The van der Waals surface area contributed by atoms with Gasteiger partial charge < -0.3 is 9.47 Å². The summed E-state index contributed by atoms with van der Waals surface area (Å²) in [7, 11) is 0. The van der Waals surface area contributed by atoms with Crippen LogP contribution in [0, 0.1) is 34.9 Å². The maximum Gasteiger partial charge on any atom is 0.338 e. The minimum atomic E-state index is -1.43. The average molecular weight is 454 g/mol. The van der Waals surface area contributed by atoms with Gasteiger partial charge in [-0.25, -0.2) is 35.9 Å². The van der Waals surface area contributed by atoms with Crippen molar-refractivity contribution in [1.29, 1.82) is 0 Å². The van der Waals surface area contributed by atoms with Gasteiger partial charge in [0, 0.05) is 23.3 Å². The van der Waals surface area contributed by atoms with E-state index in [0.717, 1.165) is 24.3 Å². The first-order chi connectivity index (χ1) is 15.2. The zero-order valence-electron chi connectivity index (χ0n) is 15.9. The van der Waals surface area contributed by atoms with E-state index in [1.165, 1.54) is 0 Å². The highest BCUT2D eigenvalue weighted by Gasteiger charge is 2.16. The fraction of sp³-hybridized carbons (Fsp3) is 0.0909. The van der Waals surface area contributed by atoms with E-state index >= 15 is 0 Å². The van der Waals surface area contributed by atoms with E-state index in [9.17, 15) is 35.9 Å². The molecule has 3 aromatic rings. The number of hydrogen-bond acceptors (Lipinski definition) is 4. The molecule has 0 spiro atoms. The molecule has 0 fully saturated rings. The second kappa shape index (κ2) is 9.54. The third-order valence-electron chi connectivity index (χ3n) is 4.21. The predicted molar refractivity (Wildman–Crippen MR) is 97.3 cm³/mol. The molecule has 0 aliphatic rings.